The molecule has 17 heavy (non-hydrogen) atoms. The average molecular weight is 238 g/mol. The first kappa shape index (κ1) is 13.6. The van der Waals surface area contributed by atoms with Crippen molar-refractivity contribution in [3.05, 3.63) is 35.6 Å². The molecule has 1 atom stereocenters. The predicted octanol–water partition coefficient (Wildman–Crippen LogP) is 1.48. The molecular formula is C13H19FN2O. The Morgan fingerprint density at radius 3 is 2.59 bits per heavy atom. The van der Waals surface area contributed by atoms with Crippen molar-refractivity contribution in [1.29, 1.82) is 0 Å². The summed E-state index contributed by atoms with van der Waals surface area (Å²) in [5, 5.41) is 5.88. The van der Waals surface area contributed by atoms with E-state index in [4.69, 9.17) is 0 Å². The highest BCUT2D eigenvalue weighted by Crippen LogP contribution is 2.05. The molecule has 1 aromatic carbocycles. The van der Waals surface area contributed by atoms with Gasteiger partial charge in [0.15, 0.2) is 0 Å². The van der Waals surface area contributed by atoms with Crippen molar-refractivity contribution >= 4 is 5.91 Å². The normalized spacial score (nSPS) is 12.2. The number of carbonyl (C=O) groups excluding carboxylic acids is 1. The standard InChI is InChI=1S/C13H19FN2O/c1-10(15-2)9-16-13(17)8-5-11-3-6-12(14)7-4-11/h3-4,6-7,10,15H,5,8-9H2,1-2H3,(H,16,17). The first-order valence-corrected chi connectivity index (χ1v) is 5.80. The number of likely N-dealkylation sites (N-methyl/N-ethyl adjacent to an activating group) is 1. The Bertz CT molecular complexity index is 351. The zero-order valence-electron chi connectivity index (χ0n) is 10.3. The van der Waals surface area contributed by atoms with E-state index in [9.17, 15) is 9.18 Å². The van der Waals surface area contributed by atoms with Gasteiger partial charge >= 0.3 is 0 Å². The van der Waals surface area contributed by atoms with Gasteiger partial charge in [0.2, 0.25) is 5.91 Å². The molecule has 0 saturated carbocycles. The van der Waals surface area contributed by atoms with Crippen LogP contribution in [0.25, 0.3) is 0 Å². The molecular weight excluding hydrogens is 219 g/mol. The lowest BCUT2D eigenvalue weighted by atomic mass is 10.1. The molecule has 0 spiro atoms. The highest BCUT2D eigenvalue weighted by molar-refractivity contribution is 5.76. The number of halogens is 1. The number of rotatable bonds is 6. The molecule has 0 aliphatic rings. The maximum atomic E-state index is 12.6. The molecule has 0 aliphatic heterocycles. The van der Waals surface area contributed by atoms with Crippen LogP contribution in [0.4, 0.5) is 4.39 Å². The molecule has 0 bridgehead atoms. The van der Waals surface area contributed by atoms with E-state index in [1.807, 2.05) is 14.0 Å². The molecule has 3 nitrogen and oxygen atoms in total. The number of hydrogen-bond acceptors (Lipinski definition) is 2. The molecule has 1 aromatic rings. The van der Waals surface area contributed by atoms with Crippen molar-refractivity contribution in [3.63, 3.8) is 0 Å². The summed E-state index contributed by atoms with van der Waals surface area (Å²) in [6.07, 6.45) is 1.07. The van der Waals surface area contributed by atoms with E-state index in [2.05, 4.69) is 10.6 Å². The van der Waals surface area contributed by atoms with Crippen molar-refractivity contribution in [1.82, 2.24) is 10.6 Å². The second kappa shape index (κ2) is 7.01. The third-order valence-corrected chi connectivity index (χ3v) is 2.65. The first-order chi connectivity index (χ1) is 8.11. The third kappa shape index (κ3) is 5.45. The fraction of sp³-hybridized carbons (Fsp3) is 0.462. The van der Waals surface area contributed by atoms with E-state index in [0.29, 0.717) is 19.4 Å². The lowest BCUT2D eigenvalue weighted by molar-refractivity contribution is -0.121. The molecule has 1 rings (SSSR count). The number of benzene rings is 1. The second-order valence-corrected chi connectivity index (χ2v) is 4.12. The van der Waals surface area contributed by atoms with Gasteiger partial charge in [-0.2, -0.15) is 0 Å². The van der Waals surface area contributed by atoms with Gasteiger partial charge in [-0.3, -0.25) is 4.79 Å². The zero-order valence-corrected chi connectivity index (χ0v) is 10.3. The Hall–Kier alpha value is -1.42. The summed E-state index contributed by atoms with van der Waals surface area (Å²) in [6.45, 7) is 2.62. The van der Waals surface area contributed by atoms with Gasteiger partial charge in [-0.15, -0.1) is 0 Å². The first-order valence-electron chi connectivity index (χ1n) is 5.80. The van der Waals surface area contributed by atoms with Gasteiger partial charge in [0.05, 0.1) is 0 Å². The van der Waals surface area contributed by atoms with Gasteiger partial charge in [0, 0.05) is 19.0 Å². The topological polar surface area (TPSA) is 41.1 Å². The summed E-state index contributed by atoms with van der Waals surface area (Å²) in [7, 11) is 1.86. The summed E-state index contributed by atoms with van der Waals surface area (Å²) < 4.78 is 12.6. The molecule has 0 heterocycles. The van der Waals surface area contributed by atoms with Gasteiger partial charge in [0.1, 0.15) is 5.82 Å². The minimum Gasteiger partial charge on any atom is -0.355 e. The number of aryl methyl sites for hydroxylation is 1. The predicted molar refractivity (Wildman–Crippen MR) is 66.3 cm³/mol. The molecule has 2 N–H and O–H groups in total. The summed E-state index contributed by atoms with van der Waals surface area (Å²) in [5.41, 5.74) is 0.975. The molecule has 0 fully saturated rings. The summed E-state index contributed by atoms with van der Waals surface area (Å²) >= 11 is 0. The molecule has 0 radical (unpaired) electrons. The Morgan fingerprint density at radius 2 is 2.00 bits per heavy atom. The molecule has 0 aromatic heterocycles. The van der Waals surface area contributed by atoms with E-state index in [1.165, 1.54) is 12.1 Å². The fourth-order valence-electron chi connectivity index (χ4n) is 1.37. The highest BCUT2D eigenvalue weighted by Gasteiger charge is 2.04. The minimum atomic E-state index is -0.249. The monoisotopic (exact) mass is 238 g/mol. The zero-order chi connectivity index (χ0) is 12.7. The number of nitrogens with one attached hydrogen (secondary N) is 2. The van der Waals surface area contributed by atoms with E-state index < -0.39 is 0 Å². The van der Waals surface area contributed by atoms with Gasteiger partial charge in [-0.05, 0) is 38.1 Å². The van der Waals surface area contributed by atoms with Crippen LogP contribution in [0.5, 0.6) is 0 Å². The molecule has 1 unspecified atom stereocenters. The van der Waals surface area contributed by atoms with Gasteiger partial charge < -0.3 is 10.6 Å². The van der Waals surface area contributed by atoms with Crippen LogP contribution >= 0.6 is 0 Å². The highest BCUT2D eigenvalue weighted by atomic mass is 19.1. The Balaban J connectivity index is 2.26. The van der Waals surface area contributed by atoms with Crippen LogP contribution in [-0.2, 0) is 11.2 Å². The summed E-state index contributed by atoms with van der Waals surface area (Å²) in [6, 6.07) is 6.51. The molecule has 0 aliphatic carbocycles. The lowest BCUT2D eigenvalue weighted by Gasteiger charge is -2.11. The third-order valence-electron chi connectivity index (χ3n) is 2.65. The van der Waals surface area contributed by atoms with E-state index >= 15 is 0 Å². The van der Waals surface area contributed by atoms with Crippen molar-refractivity contribution in [3.8, 4) is 0 Å². The average Bonchev–Trinajstić information content (AvgIpc) is 2.35. The van der Waals surface area contributed by atoms with E-state index in [1.54, 1.807) is 12.1 Å². The lowest BCUT2D eigenvalue weighted by Crippen LogP contribution is -2.37. The minimum absolute atomic E-state index is 0.0245. The molecule has 1 amide bonds. The quantitative estimate of drug-likeness (QED) is 0.788. The SMILES string of the molecule is CNC(C)CNC(=O)CCc1ccc(F)cc1. The van der Waals surface area contributed by atoms with Crippen LogP contribution in [0, 0.1) is 5.82 Å². The van der Waals surface area contributed by atoms with Crippen LogP contribution < -0.4 is 10.6 Å². The van der Waals surface area contributed by atoms with Crippen molar-refractivity contribution in [2.75, 3.05) is 13.6 Å². The maximum Gasteiger partial charge on any atom is 0.220 e. The van der Waals surface area contributed by atoms with Crippen LogP contribution in [0.2, 0.25) is 0 Å². The van der Waals surface area contributed by atoms with Crippen LogP contribution in [0.3, 0.4) is 0 Å². The van der Waals surface area contributed by atoms with Gasteiger partial charge in [0.25, 0.3) is 0 Å². The fourth-order valence-corrected chi connectivity index (χ4v) is 1.37. The maximum absolute atomic E-state index is 12.6. The Kier molecular flexibility index (Phi) is 5.63. The largest absolute Gasteiger partial charge is 0.355 e. The van der Waals surface area contributed by atoms with Crippen LogP contribution in [0.15, 0.2) is 24.3 Å². The molecule has 0 saturated heterocycles. The molecule has 4 heteroatoms. The Labute approximate surface area is 101 Å². The number of amides is 1. The Morgan fingerprint density at radius 1 is 1.35 bits per heavy atom. The van der Waals surface area contributed by atoms with Crippen molar-refractivity contribution in [2.45, 2.75) is 25.8 Å². The summed E-state index contributed by atoms with van der Waals surface area (Å²) in [4.78, 5) is 11.5. The van der Waals surface area contributed by atoms with Gasteiger partial charge in [-0.1, -0.05) is 12.1 Å². The summed E-state index contributed by atoms with van der Waals surface area (Å²) in [5.74, 6) is -0.225. The van der Waals surface area contributed by atoms with Crippen LogP contribution in [0.1, 0.15) is 18.9 Å². The number of carbonyl (C=O) groups is 1. The van der Waals surface area contributed by atoms with Crippen molar-refractivity contribution < 1.29 is 9.18 Å². The van der Waals surface area contributed by atoms with E-state index in [0.717, 1.165) is 5.56 Å². The van der Waals surface area contributed by atoms with Gasteiger partial charge in [-0.25, -0.2) is 4.39 Å². The molecule has 94 valence electrons. The smallest absolute Gasteiger partial charge is 0.220 e. The number of hydrogen-bond donors (Lipinski definition) is 2. The van der Waals surface area contributed by atoms with E-state index in [-0.39, 0.29) is 17.8 Å². The van der Waals surface area contributed by atoms with Crippen LogP contribution in [-0.4, -0.2) is 25.5 Å². The second-order valence-electron chi connectivity index (χ2n) is 4.12. The van der Waals surface area contributed by atoms with Crippen molar-refractivity contribution in [2.24, 2.45) is 0 Å².